The number of ether oxygens (including phenoxy) is 1. The Bertz CT molecular complexity index is 622. The summed E-state index contributed by atoms with van der Waals surface area (Å²) in [6.07, 6.45) is 0.731. The van der Waals surface area contributed by atoms with E-state index in [2.05, 4.69) is 11.4 Å². The summed E-state index contributed by atoms with van der Waals surface area (Å²) in [5.74, 6) is 0.682. The molecule has 1 amide bonds. The van der Waals surface area contributed by atoms with E-state index in [0.717, 1.165) is 23.4 Å². The van der Waals surface area contributed by atoms with Gasteiger partial charge in [-0.05, 0) is 35.7 Å². The number of nitrogens with one attached hydrogen (secondary N) is 1. The average molecular weight is 253 g/mol. The Morgan fingerprint density at radius 3 is 2.84 bits per heavy atom. The smallest absolute Gasteiger partial charge is 0.232 e. The van der Waals surface area contributed by atoms with Crippen molar-refractivity contribution in [3.05, 3.63) is 59.7 Å². The maximum Gasteiger partial charge on any atom is 0.232 e. The third-order valence-corrected chi connectivity index (χ3v) is 3.51. The summed E-state index contributed by atoms with van der Waals surface area (Å²) in [5, 5.41) is 2.97. The van der Waals surface area contributed by atoms with Crippen LogP contribution in [-0.4, -0.2) is 13.0 Å². The van der Waals surface area contributed by atoms with Crippen molar-refractivity contribution in [3.8, 4) is 5.75 Å². The lowest BCUT2D eigenvalue weighted by atomic mass is 9.87. The van der Waals surface area contributed by atoms with Crippen molar-refractivity contribution in [1.82, 2.24) is 0 Å². The summed E-state index contributed by atoms with van der Waals surface area (Å²) >= 11 is 0. The number of carbonyl (C=O) groups is 1. The second-order valence-electron chi connectivity index (χ2n) is 4.68. The van der Waals surface area contributed by atoms with E-state index in [1.165, 1.54) is 5.56 Å². The molecule has 0 fully saturated rings. The third kappa shape index (κ3) is 2.19. The number of benzene rings is 2. The van der Waals surface area contributed by atoms with Crippen LogP contribution in [0.1, 0.15) is 17.0 Å². The number of hydrogen-bond acceptors (Lipinski definition) is 2. The maximum atomic E-state index is 12.2. The van der Waals surface area contributed by atoms with E-state index in [1.54, 1.807) is 7.11 Å². The Morgan fingerprint density at radius 2 is 2.00 bits per heavy atom. The van der Waals surface area contributed by atoms with Crippen molar-refractivity contribution in [2.45, 2.75) is 12.3 Å². The van der Waals surface area contributed by atoms with Crippen LogP contribution in [0.4, 0.5) is 5.69 Å². The van der Waals surface area contributed by atoms with Crippen LogP contribution in [0.2, 0.25) is 0 Å². The molecule has 0 aromatic heterocycles. The van der Waals surface area contributed by atoms with Crippen LogP contribution < -0.4 is 10.1 Å². The Kier molecular flexibility index (Phi) is 2.95. The first-order valence-corrected chi connectivity index (χ1v) is 6.30. The molecule has 2 aromatic carbocycles. The molecule has 1 heterocycles. The third-order valence-electron chi connectivity index (χ3n) is 3.51. The number of rotatable bonds is 2. The van der Waals surface area contributed by atoms with Gasteiger partial charge in [-0.15, -0.1) is 0 Å². The average Bonchev–Trinajstić information content (AvgIpc) is 2.46. The van der Waals surface area contributed by atoms with E-state index in [0.29, 0.717) is 0 Å². The lowest BCUT2D eigenvalue weighted by molar-refractivity contribution is -0.117. The van der Waals surface area contributed by atoms with E-state index in [-0.39, 0.29) is 11.8 Å². The van der Waals surface area contributed by atoms with E-state index in [1.807, 2.05) is 42.5 Å². The maximum absolute atomic E-state index is 12.2. The molecule has 0 bridgehead atoms. The lowest BCUT2D eigenvalue weighted by Crippen LogP contribution is -2.28. The SMILES string of the molecule is COc1cccc([C@@H]2Cc3ccccc3NC2=O)c1. The number of fused-ring (bicyclic) bond motifs is 1. The minimum Gasteiger partial charge on any atom is -0.497 e. The lowest BCUT2D eigenvalue weighted by Gasteiger charge is -2.25. The van der Waals surface area contributed by atoms with Gasteiger partial charge in [-0.3, -0.25) is 4.79 Å². The quantitative estimate of drug-likeness (QED) is 0.893. The van der Waals surface area contributed by atoms with Crippen LogP contribution in [0.5, 0.6) is 5.75 Å². The molecule has 0 radical (unpaired) electrons. The number of amides is 1. The summed E-state index contributed by atoms with van der Waals surface area (Å²) in [5.41, 5.74) is 3.09. The summed E-state index contributed by atoms with van der Waals surface area (Å²) in [6.45, 7) is 0. The molecule has 19 heavy (non-hydrogen) atoms. The highest BCUT2D eigenvalue weighted by molar-refractivity contribution is 5.99. The first-order chi connectivity index (χ1) is 9.28. The molecule has 2 aromatic rings. The summed E-state index contributed by atoms with van der Waals surface area (Å²) in [4.78, 5) is 12.2. The van der Waals surface area contributed by atoms with Gasteiger partial charge in [0, 0.05) is 5.69 Å². The number of para-hydroxylation sites is 1. The van der Waals surface area contributed by atoms with E-state index < -0.39 is 0 Å². The first kappa shape index (κ1) is 11.8. The topological polar surface area (TPSA) is 38.3 Å². The number of carbonyl (C=O) groups excluding carboxylic acids is 1. The van der Waals surface area contributed by atoms with Crippen LogP contribution in [0.3, 0.4) is 0 Å². The van der Waals surface area contributed by atoms with Crippen LogP contribution in [-0.2, 0) is 11.2 Å². The van der Waals surface area contributed by atoms with Crippen LogP contribution in [0.25, 0.3) is 0 Å². The van der Waals surface area contributed by atoms with Crippen molar-refractivity contribution < 1.29 is 9.53 Å². The minimum absolute atomic E-state index is 0.0481. The zero-order chi connectivity index (χ0) is 13.2. The fourth-order valence-electron chi connectivity index (χ4n) is 2.48. The highest BCUT2D eigenvalue weighted by atomic mass is 16.5. The molecular formula is C16H15NO2. The Labute approximate surface area is 112 Å². The largest absolute Gasteiger partial charge is 0.497 e. The standard InChI is InChI=1S/C16H15NO2/c1-19-13-7-4-6-11(9-13)14-10-12-5-2-3-8-15(12)17-16(14)18/h2-9,14H,10H2,1H3,(H,17,18)/t14-/m0/s1. The second kappa shape index (κ2) is 4.76. The summed E-state index contributed by atoms with van der Waals surface area (Å²) < 4.78 is 5.22. The zero-order valence-electron chi connectivity index (χ0n) is 10.7. The molecule has 1 aliphatic heterocycles. The fraction of sp³-hybridized carbons (Fsp3) is 0.188. The number of methoxy groups -OCH3 is 1. The molecule has 3 heteroatoms. The molecule has 0 aliphatic carbocycles. The monoisotopic (exact) mass is 253 g/mol. The predicted molar refractivity (Wildman–Crippen MR) is 74.5 cm³/mol. The van der Waals surface area contributed by atoms with Gasteiger partial charge in [0.25, 0.3) is 0 Å². The minimum atomic E-state index is -0.148. The number of hydrogen-bond donors (Lipinski definition) is 1. The van der Waals surface area contributed by atoms with Crippen LogP contribution in [0, 0.1) is 0 Å². The normalized spacial score (nSPS) is 17.5. The molecule has 3 nitrogen and oxygen atoms in total. The molecule has 0 saturated heterocycles. The van der Waals surface area contributed by atoms with Crippen LogP contribution in [0.15, 0.2) is 48.5 Å². The van der Waals surface area contributed by atoms with Gasteiger partial charge in [0.15, 0.2) is 0 Å². The predicted octanol–water partition coefficient (Wildman–Crippen LogP) is 2.97. The highest BCUT2D eigenvalue weighted by Crippen LogP contribution is 2.32. The highest BCUT2D eigenvalue weighted by Gasteiger charge is 2.27. The zero-order valence-corrected chi connectivity index (χ0v) is 10.7. The summed E-state index contributed by atoms with van der Waals surface area (Å²) in [7, 11) is 1.63. The first-order valence-electron chi connectivity index (χ1n) is 6.30. The van der Waals surface area contributed by atoms with E-state index >= 15 is 0 Å². The van der Waals surface area contributed by atoms with Gasteiger partial charge in [0.05, 0.1) is 13.0 Å². The van der Waals surface area contributed by atoms with Gasteiger partial charge < -0.3 is 10.1 Å². The van der Waals surface area contributed by atoms with Gasteiger partial charge in [0.2, 0.25) is 5.91 Å². The van der Waals surface area contributed by atoms with Gasteiger partial charge in [-0.2, -0.15) is 0 Å². The molecule has 96 valence electrons. The van der Waals surface area contributed by atoms with E-state index in [9.17, 15) is 4.79 Å². The van der Waals surface area contributed by atoms with Gasteiger partial charge in [-0.1, -0.05) is 30.3 Å². The molecule has 1 aliphatic rings. The molecule has 1 atom stereocenters. The fourth-order valence-corrected chi connectivity index (χ4v) is 2.48. The van der Waals surface area contributed by atoms with Gasteiger partial charge in [-0.25, -0.2) is 0 Å². The Balaban J connectivity index is 1.96. The van der Waals surface area contributed by atoms with E-state index in [4.69, 9.17) is 4.74 Å². The molecule has 0 saturated carbocycles. The molecular weight excluding hydrogens is 238 g/mol. The van der Waals surface area contributed by atoms with Crippen molar-refractivity contribution in [2.24, 2.45) is 0 Å². The second-order valence-corrected chi connectivity index (χ2v) is 4.68. The van der Waals surface area contributed by atoms with Crippen molar-refractivity contribution in [1.29, 1.82) is 0 Å². The number of anilines is 1. The Morgan fingerprint density at radius 1 is 1.16 bits per heavy atom. The molecule has 1 N–H and O–H groups in total. The van der Waals surface area contributed by atoms with Crippen molar-refractivity contribution in [3.63, 3.8) is 0 Å². The molecule has 0 unspecified atom stereocenters. The van der Waals surface area contributed by atoms with Crippen LogP contribution >= 0.6 is 0 Å². The van der Waals surface area contributed by atoms with Crippen molar-refractivity contribution >= 4 is 11.6 Å². The van der Waals surface area contributed by atoms with Gasteiger partial charge >= 0.3 is 0 Å². The molecule has 0 spiro atoms. The Hall–Kier alpha value is -2.29. The van der Waals surface area contributed by atoms with Gasteiger partial charge in [0.1, 0.15) is 5.75 Å². The summed E-state index contributed by atoms with van der Waals surface area (Å²) in [6, 6.07) is 15.6. The molecule has 3 rings (SSSR count). The van der Waals surface area contributed by atoms with Crippen molar-refractivity contribution in [2.75, 3.05) is 12.4 Å².